The first kappa shape index (κ1) is 14.1. The van der Waals surface area contributed by atoms with Gasteiger partial charge in [-0.05, 0) is 25.5 Å². The van der Waals surface area contributed by atoms with Gasteiger partial charge in [0.2, 0.25) is 0 Å². The van der Waals surface area contributed by atoms with E-state index >= 15 is 0 Å². The Labute approximate surface area is 107 Å². The largest absolute Gasteiger partial charge is 0.466 e. The van der Waals surface area contributed by atoms with E-state index in [1.54, 1.807) is 13.0 Å². The number of halogens is 3. The maximum Gasteiger partial charge on any atom is 0.305 e. The van der Waals surface area contributed by atoms with Gasteiger partial charge in [0, 0.05) is 16.5 Å². The highest BCUT2D eigenvalue weighted by atomic mass is 79.9. The number of carbonyl (C=O) groups is 1. The monoisotopic (exact) mass is 306 g/mol. The van der Waals surface area contributed by atoms with Crippen molar-refractivity contribution in [3.8, 4) is 0 Å². The molecular weight excluding hydrogens is 294 g/mol. The molecule has 1 rings (SSSR count). The van der Waals surface area contributed by atoms with Crippen molar-refractivity contribution in [3.05, 3.63) is 34.1 Å². The zero-order chi connectivity index (χ0) is 12.8. The maximum absolute atomic E-state index is 13.7. The first-order valence-corrected chi connectivity index (χ1v) is 6.08. The maximum atomic E-state index is 13.7. The Morgan fingerprint density at radius 2 is 2.24 bits per heavy atom. The second-order valence-electron chi connectivity index (χ2n) is 3.48. The first-order chi connectivity index (χ1) is 8.04. The number of alkyl halides is 1. The molecule has 2 nitrogen and oxygen atoms in total. The fourth-order valence-corrected chi connectivity index (χ4v) is 1.72. The van der Waals surface area contributed by atoms with Crippen LogP contribution in [0.4, 0.5) is 8.78 Å². The summed E-state index contributed by atoms with van der Waals surface area (Å²) in [5.41, 5.74) is -0.0301. The zero-order valence-electron chi connectivity index (χ0n) is 9.38. The van der Waals surface area contributed by atoms with Crippen molar-refractivity contribution in [2.45, 2.75) is 25.9 Å². The molecule has 0 radical (unpaired) electrons. The van der Waals surface area contributed by atoms with Crippen molar-refractivity contribution in [1.82, 2.24) is 0 Å². The second-order valence-corrected chi connectivity index (χ2v) is 4.39. The van der Waals surface area contributed by atoms with Gasteiger partial charge in [-0.2, -0.15) is 0 Å². The number of ether oxygens (including phenoxy) is 1. The van der Waals surface area contributed by atoms with E-state index in [1.165, 1.54) is 12.1 Å². The van der Waals surface area contributed by atoms with E-state index in [9.17, 15) is 13.6 Å². The van der Waals surface area contributed by atoms with Gasteiger partial charge in [-0.15, -0.1) is 0 Å². The van der Waals surface area contributed by atoms with Crippen molar-refractivity contribution in [3.63, 3.8) is 0 Å². The Morgan fingerprint density at radius 1 is 1.53 bits per heavy atom. The number of hydrogen-bond acceptors (Lipinski definition) is 2. The van der Waals surface area contributed by atoms with Gasteiger partial charge in [-0.25, -0.2) is 8.78 Å². The van der Waals surface area contributed by atoms with Crippen LogP contribution in [0, 0.1) is 5.82 Å². The van der Waals surface area contributed by atoms with Crippen molar-refractivity contribution < 1.29 is 18.3 Å². The molecule has 0 heterocycles. The normalized spacial score (nSPS) is 12.2. The minimum absolute atomic E-state index is 0.0301. The second kappa shape index (κ2) is 6.69. The van der Waals surface area contributed by atoms with E-state index in [2.05, 4.69) is 20.7 Å². The summed E-state index contributed by atoms with van der Waals surface area (Å²) in [5, 5.41) is 0. The first-order valence-electron chi connectivity index (χ1n) is 5.29. The third-order valence-corrected chi connectivity index (χ3v) is 2.70. The van der Waals surface area contributed by atoms with Crippen LogP contribution < -0.4 is 0 Å². The predicted molar refractivity (Wildman–Crippen MR) is 63.8 cm³/mol. The lowest BCUT2D eigenvalue weighted by atomic mass is 10.1. The SMILES string of the molecule is CCOC(=O)CCC(F)c1ccc(Br)cc1F. The molecule has 1 unspecified atom stereocenters. The number of carbonyl (C=O) groups excluding carboxylic acids is 1. The molecule has 5 heteroatoms. The summed E-state index contributed by atoms with van der Waals surface area (Å²) in [7, 11) is 0. The van der Waals surface area contributed by atoms with Crippen molar-refractivity contribution in [1.29, 1.82) is 0 Å². The predicted octanol–water partition coefficient (Wildman–Crippen LogP) is 3.94. The molecule has 0 saturated heterocycles. The molecular formula is C12H13BrF2O2. The van der Waals surface area contributed by atoms with Gasteiger partial charge < -0.3 is 4.74 Å². The van der Waals surface area contributed by atoms with Crippen LogP contribution in [0.15, 0.2) is 22.7 Å². The average molecular weight is 307 g/mol. The third-order valence-electron chi connectivity index (χ3n) is 2.21. The Hall–Kier alpha value is -0.970. The summed E-state index contributed by atoms with van der Waals surface area (Å²) >= 11 is 3.09. The van der Waals surface area contributed by atoms with Gasteiger partial charge in [0.15, 0.2) is 0 Å². The van der Waals surface area contributed by atoms with Crippen LogP contribution in [0.25, 0.3) is 0 Å². The lowest BCUT2D eigenvalue weighted by Gasteiger charge is -2.09. The molecule has 0 fully saturated rings. The highest BCUT2D eigenvalue weighted by Gasteiger charge is 2.16. The van der Waals surface area contributed by atoms with Crippen LogP contribution in [0.2, 0.25) is 0 Å². The third kappa shape index (κ3) is 4.42. The van der Waals surface area contributed by atoms with Crippen molar-refractivity contribution >= 4 is 21.9 Å². The van der Waals surface area contributed by atoms with E-state index in [-0.39, 0.29) is 25.0 Å². The topological polar surface area (TPSA) is 26.3 Å². The number of esters is 1. The van der Waals surface area contributed by atoms with Crippen molar-refractivity contribution in [2.75, 3.05) is 6.61 Å². The van der Waals surface area contributed by atoms with Gasteiger partial charge in [0.1, 0.15) is 12.0 Å². The van der Waals surface area contributed by atoms with Crippen molar-refractivity contribution in [2.24, 2.45) is 0 Å². The molecule has 0 bridgehead atoms. The van der Waals surface area contributed by atoms with E-state index in [4.69, 9.17) is 0 Å². The quantitative estimate of drug-likeness (QED) is 0.770. The molecule has 1 aromatic rings. The van der Waals surface area contributed by atoms with E-state index in [0.717, 1.165) is 0 Å². The molecule has 1 atom stereocenters. The van der Waals surface area contributed by atoms with Gasteiger partial charge in [0.05, 0.1) is 6.61 Å². The lowest BCUT2D eigenvalue weighted by molar-refractivity contribution is -0.143. The van der Waals surface area contributed by atoms with Crippen LogP contribution in [0.3, 0.4) is 0 Å². The van der Waals surface area contributed by atoms with Crippen LogP contribution >= 0.6 is 15.9 Å². The fraction of sp³-hybridized carbons (Fsp3) is 0.417. The number of benzene rings is 1. The number of rotatable bonds is 5. The summed E-state index contributed by atoms with van der Waals surface area (Å²) in [5.74, 6) is -1.08. The summed E-state index contributed by atoms with van der Waals surface area (Å²) < 4.78 is 32.3. The molecule has 0 saturated carbocycles. The summed E-state index contributed by atoms with van der Waals surface area (Å²) in [6.45, 7) is 1.95. The van der Waals surface area contributed by atoms with Gasteiger partial charge in [-0.3, -0.25) is 4.79 Å². The smallest absolute Gasteiger partial charge is 0.305 e. The minimum atomic E-state index is -1.49. The zero-order valence-corrected chi connectivity index (χ0v) is 11.0. The Bertz CT molecular complexity index is 396. The summed E-state index contributed by atoms with van der Waals surface area (Å²) in [6, 6.07) is 4.14. The minimum Gasteiger partial charge on any atom is -0.466 e. The molecule has 0 spiro atoms. The molecule has 17 heavy (non-hydrogen) atoms. The Balaban J connectivity index is 2.57. The van der Waals surface area contributed by atoms with E-state index in [1.807, 2.05) is 0 Å². The highest BCUT2D eigenvalue weighted by Crippen LogP contribution is 2.27. The molecule has 0 N–H and O–H groups in total. The average Bonchev–Trinajstić information content (AvgIpc) is 2.26. The van der Waals surface area contributed by atoms with Crippen LogP contribution in [0.1, 0.15) is 31.5 Å². The molecule has 0 aliphatic carbocycles. The molecule has 0 aromatic heterocycles. The molecule has 94 valence electrons. The van der Waals surface area contributed by atoms with E-state index in [0.29, 0.717) is 4.47 Å². The van der Waals surface area contributed by atoms with Gasteiger partial charge in [-0.1, -0.05) is 22.0 Å². The fourth-order valence-electron chi connectivity index (χ4n) is 1.39. The molecule has 0 aliphatic rings. The van der Waals surface area contributed by atoms with Crippen LogP contribution in [0.5, 0.6) is 0 Å². The summed E-state index contributed by atoms with van der Waals surface area (Å²) in [6.07, 6.45) is -1.62. The Kier molecular flexibility index (Phi) is 5.55. The number of hydrogen-bond donors (Lipinski definition) is 0. The van der Waals surface area contributed by atoms with Gasteiger partial charge >= 0.3 is 5.97 Å². The van der Waals surface area contributed by atoms with Crippen LogP contribution in [-0.2, 0) is 9.53 Å². The highest BCUT2D eigenvalue weighted by molar-refractivity contribution is 9.10. The standard InChI is InChI=1S/C12H13BrF2O2/c1-2-17-12(16)6-5-10(14)9-4-3-8(13)7-11(9)15/h3-4,7,10H,2,5-6H2,1H3. The molecule has 0 amide bonds. The molecule has 1 aromatic carbocycles. The van der Waals surface area contributed by atoms with Crippen LogP contribution in [-0.4, -0.2) is 12.6 Å². The van der Waals surface area contributed by atoms with E-state index < -0.39 is 18.0 Å². The Morgan fingerprint density at radius 3 is 2.82 bits per heavy atom. The molecule has 0 aliphatic heterocycles. The summed E-state index contributed by atoms with van der Waals surface area (Å²) in [4.78, 5) is 11.0. The van der Waals surface area contributed by atoms with Gasteiger partial charge in [0.25, 0.3) is 0 Å². The lowest BCUT2D eigenvalue weighted by Crippen LogP contribution is -2.06.